The third-order valence-electron chi connectivity index (χ3n) is 5.41. The van der Waals surface area contributed by atoms with E-state index in [4.69, 9.17) is 23.2 Å². The van der Waals surface area contributed by atoms with Crippen LogP contribution in [0.25, 0.3) is 0 Å². The molecule has 1 fully saturated rings. The fourth-order valence-corrected chi connectivity index (χ4v) is 4.09. The molecule has 2 amide bonds. The second-order valence-corrected chi connectivity index (χ2v) is 8.43. The van der Waals surface area contributed by atoms with E-state index in [-0.39, 0.29) is 11.7 Å². The third-order valence-corrected chi connectivity index (χ3v) is 5.95. The topological polar surface area (TPSA) is 75.9 Å². The number of anilines is 1. The monoisotopic (exact) mass is 498 g/mol. The van der Waals surface area contributed by atoms with Gasteiger partial charge in [0.05, 0.1) is 18.3 Å². The number of benzene rings is 1. The minimum atomic E-state index is -4.63. The Morgan fingerprint density at radius 1 is 1.15 bits per heavy atom. The molecule has 0 saturated carbocycles. The molecule has 0 aliphatic carbocycles. The van der Waals surface area contributed by atoms with Crippen LogP contribution in [0.4, 0.5) is 23.7 Å². The fraction of sp³-hybridized carbons (Fsp3) is 0.333. The van der Waals surface area contributed by atoms with Gasteiger partial charge in [0, 0.05) is 11.6 Å². The van der Waals surface area contributed by atoms with Gasteiger partial charge in [-0.15, -0.1) is 10.2 Å². The summed E-state index contributed by atoms with van der Waals surface area (Å²) in [5.41, 5.74) is -0.130. The zero-order valence-corrected chi connectivity index (χ0v) is 18.9. The Morgan fingerprint density at radius 2 is 1.88 bits per heavy atom. The lowest BCUT2D eigenvalue weighted by molar-refractivity contribution is -0.141. The normalized spacial score (nSPS) is 16.3. The van der Waals surface area contributed by atoms with Crippen LogP contribution in [0.15, 0.2) is 36.4 Å². The molecule has 3 aromatic rings. The van der Waals surface area contributed by atoms with E-state index in [0.717, 1.165) is 24.1 Å². The van der Waals surface area contributed by atoms with Crippen molar-refractivity contribution in [2.45, 2.75) is 38.5 Å². The summed E-state index contributed by atoms with van der Waals surface area (Å²) in [4.78, 5) is 17.9. The van der Waals surface area contributed by atoms with E-state index in [0.29, 0.717) is 36.2 Å². The van der Waals surface area contributed by atoms with Crippen LogP contribution in [-0.4, -0.2) is 37.2 Å². The molecule has 3 heterocycles. The lowest BCUT2D eigenvalue weighted by atomic mass is 10.2. The molecular weight excluding hydrogens is 480 g/mol. The van der Waals surface area contributed by atoms with Gasteiger partial charge in [0.25, 0.3) is 0 Å². The molecule has 1 N–H and O–H groups in total. The van der Waals surface area contributed by atoms with Gasteiger partial charge in [-0.2, -0.15) is 13.2 Å². The minimum Gasteiger partial charge on any atom is -0.314 e. The molecule has 2 aromatic heterocycles. The van der Waals surface area contributed by atoms with Gasteiger partial charge in [0.2, 0.25) is 0 Å². The van der Waals surface area contributed by atoms with Crippen LogP contribution in [0.3, 0.4) is 0 Å². The standard InChI is InChI=1S/C21H19Cl2F3N6O/c1-12-29-30-19(32(12)11-13-4-6-14(22)7-5-13)16-3-2-10-31(16)20(33)27-15-8-9-17(21(24,25)26)28-18(15)23/h4-9,16H,2-3,10-11H2,1H3,(H,27,33). The number of urea groups is 1. The largest absolute Gasteiger partial charge is 0.433 e. The van der Waals surface area contributed by atoms with Crippen LogP contribution in [0.5, 0.6) is 0 Å². The van der Waals surface area contributed by atoms with E-state index in [9.17, 15) is 18.0 Å². The summed E-state index contributed by atoms with van der Waals surface area (Å²) in [6.45, 7) is 2.79. The first kappa shape index (κ1) is 23.3. The molecule has 0 bridgehead atoms. The van der Waals surface area contributed by atoms with Crippen molar-refractivity contribution in [2.24, 2.45) is 0 Å². The van der Waals surface area contributed by atoms with E-state index in [1.165, 1.54) is 0 Å². The zero-order chi connectivity index (χ0) is 23.8. The maximum Gasteiger partial charge on any atom is 0.433 e. The number of likely N-dealkylation sites (tertiary alicyclic amines) is 1. The maximum absolute atomic E-state index is 13.0. The Morgan fingerprint density at radius 3 is 2.55 bits per heavy atom. The minimum absolute atomic E-state index is 0.000807. The second kappa shape index (κ2) is 9.18. The summed E-state index contributed by atoms with van der Waals surface area (Å²) in [6.07, 6.45) is -3.21. The summed E-state index contributed by atoms with van der Waals surface area (Å²) in [6, 6.07) is 8.43. The average Bonchev–Trinajstić information content (AvgIpc) is 3.37. The molecule has 1 aliphatic rings. The molecule has 4 rings (SSSR count). The summed E-state index contributed by atoms with van der Waals surface area (Å²) < 4.78 is 40.4. The Bertz CT molecular complexity index is 1170. The molecule has 174 valence electrons. The van der Waals surface area contributed by atoms with Gasteiger partial charge in [-0.1, -0.05) is 35.3 Å². The van der Waals surface area contributed by atoms with Crippen molar-refractivity contribution in [1.82, 2.24) is 24.6 Å². The number of pyridine rings is 1. The fourth-order valence-electron chi connectivity index (χ4n) is 3.76. The molecule has 1 unspecified atom stereocenters. The van der Waals surface area contributed by atoms with E-state index < -0.39 is 23.1 Å². The Hall–Kier alpha value is -2.85. The van der Waals surface area contributed by atoms with Gasteiger partial charge >= 0.3 is 12.2 Å². The molecule has 0 radical (unpaired) electrons. The van der Waals surface area contributed by atoms with Crippen LogP contribution in [0, 0.1) is 6.92 Å². The van der Waals surface area contributed by atoms with E-state index in [2.05, 4.69) is 20.5 Å². The van der Waals surface area contributed by atoms with Gasteiger partial charge in [-0.05, 0) is 49.6 Å². The van der Waals surface area contributed by atoms with Crippen molar-refractivity contribution in [2.75, 3.05) is 11.9 Å². The lowest BCUT2D eigenvalue weighted by Crippen LogP contribution is -2.35. The smallest absolute Gasteiger partial charge is 0.314 e. The Kier molecular flexibility index (Phi) is 6.49. The Labute approximate surface area is 197 Å². The van der Waals surface area contributed by atoms with Crippen molar-refractivity contribution < 1.29 is 18.0 Å². The quantitative estimate of drug-likeness (QED) is 0.466. The first-order valence-electron chi connectivity index (χ1n) is 10.1. The van der Waals surface area contributed by atoms with Gasteiger partial charge in [-0.3, -0.25) is 0 Å². The number of rotatable bonds is 4. The van der Waals surface area contributed by atoms with E-state index in [1.54, 1.807) is 17.0 Å². The van der Waals surface area contributed by atoms with Crippen molar-refractivity contribution >= 4 is 34.9 Å². The molecule has 1 atom stereocenters. The average molecular weight is 499 g/mol. The number of carbonyl (C=O) groups excluding carboxylic acids is 1. The van der Waals surface area contributed by atoms with E-state index in [1.807, 2.05) is 23.6 Å². The van der Waals surface area contributed by atoms with Crippen LogP contribution < -0.4 is 5.32 Å². The highest BCUT2D eigenvalue weighted by atomic mass is 35.5. The summed E-state index contributed by atoms with van der Waals surface area (Å²) in [7, 11) is 0. The second-order valence-electron chi connectivity index (χ2n) is 7.63. The SMILES string of the molecule is Cc1nnc(C2CCCN2C(=O)Nc2ccc(C(F)(F)F)nc2Cl)n1Cc1ccc(Cl)cc1. The first-order valence-corrected chi connectivity index (χ1v) is 10.8. The lowest BCUT2D eigenvalue weighted by Gasteiger charge is -2.25. The zero-order valence-electron chi connectivity index (χ0n) is 17.4. The van der Waals surface area contributed by atoms with E-state index >= 15 is 0 Å². The molecule has 12 heteroatoms. The van der Waals surface area contributed by atoms with Crippen molar-refractivity contribution in [3.8, 4) is 0 Å². The number of aromatic nitrogens is 4. The molecule has 1 aliphatic heterocycles. The van der Waals surface area contributed by atoms with Gasteiger partial charge in [-0.25, -0.2) is 9.78 Å². The summed E-state index contributed by atoms with van der Waals surface area (Å²) >= 11 is 11.9. The number of hydrogen-bond acceptors (Lipinski definition) is 4. The molecule has 7 nitrogen and oxygen atoms in total. The molecular formula is C21H19Cl2F3N6O. The number of carbonyl (C=O) groups is 1. The number of nitrogens with one attached hydrogen (secondary N) is 1. The van der Waals surface area contributed by atoms with Crippen LogP contribution in [0.1, 0.15) is 41.8 Å². The van der Waals surface area contributed by atoms with Gasteiger partial charge in [0.1, 0.15) is 11.5 Å². The number of hydrogen-bond donors (Lipinski definition) is 1. The number of alkyl halides is 3. The number of aryl methyl sites for hydroxylation is 1. The molecule has 1 aromatic carbocycles. The van der Waals surface area contributed by atoms with Crippen molar-refractivity contribution in [1.29, 1.82) is 0 Å². The van der Waals surface area contributed by atoms with Crippen LogP contribution in [-0.2, 0) is 12.7 Å². The van der Waals surface area contributed by atoms with Crippen molar-refractivity contribution in [3.05, 3.63) is 69.5 Å². The predicted octanol–water partition coefficient (Wildman–Crippen LogP) is 5.72. The highest BCUT2D eigenvalue weighted by molar-refractivity contribution is 6.32. The number of nitrogens with zero attached hydrogens (tertiary/aromatic N) is 5. The molecule has 1 saturated heterocycles. The van der Waals surface area contributed by atoms with Gasteiger partial charge in [0.15, 0.2) is 11.0 Å². The van der Waals surface area contributed by atoms with Crippen LogP contribution >= 0.6 is 23.2 Å². The predicted molar refractivity (Wildman–Crippen MR) is 117 cm³/mol. The number of amides is 2. The first-order chi connectivity index (χ1) is 15.6. The highest BCUT2D eigenvalue weighted by Crippen LogP contribution is 2.34. The summed E-state index contributed by atoms with van der Waals surface area (Å²) in [5, 5.41) is 11.3. The number of halogens is 5. The van der Waals surface area contributed by atoms with Crippen LogP contribution in [0.2, 0.25) is 10.2 Å². The molecule has 0 spiro atoms. The van der Waals surface area contributed by atoms with Gasteiger partial charge < -0.3 is 14.8 Å². The maximum atomic E-state index is 13.0. The highest BCUT2D eigenvalue weighted by Gasteiger charge is 2.35. The Balaban J connectivity index is 1.54. The third kappa shape index (κ3) is 5.06. The summed E-state index contributed by atoms with van der Waals surface area (Å²) in [5.74, 6) is 1.33. The van der Waals surface area contributed by atoms with Crippen molar-refractivity contribution in [3.63, 3.8) is 0 Å². The molecule has 33 heavy (non-hydrogen) atoms.